The van der Waals surface area contributed by atoms with E-state index < -0.39 is 5.97 Å². The zero-order valence-corrected chi connectivity index (χ0v) is 9.35. The van der Waals surface area contributed by atoms with Crippen LogP contribution < -0.4 is 4.74 Å². The summed E-state index contributed by atoms with van der Waals surface area (Å²) in [7, 11) is 0. The minimum absolute atomic E-state index is 0.296. The van der Waals surface area contributed by atoms with Gasteiger partial charge in [-0.15, -0.1) is 0 Å². The van der Waals surface area contributed by atoms with E-state index in [2.05, 4.69) is 6.92 Å². The fourth-order valence-corrected chi connectivity index (χ4v) is 1.88. The Morgan fingerprint density at radius 2 is 2.06 bits per heavy atom. The number of rotatable bonds is 4. The quantitative estimate of drug-likeness (QED) is 0.848. The highest BCUT2D eigenvalue weighted by molar-refractivity contribution is 5.87. The van der Waals surface area contributed by atoms with Gasteiger partial charge in [0.15, 0.2) is 0 Å². The van der Waals surface area contributed by atoms with Gasteiger partial charge in [-0.1, -0.05) is 6.92 Å². The van der Waals surface area contributed by atoms with Gasteiger partial charge in [0, 0.05) is 0 Å². The number of hydrogen-bond donors (Lipinski definition) is 1. The third kappa shape index (κ3) is 2.35. The van der Waals surface area contributed by atoms with Crippen LogP contribution in [0.15, 0.2) is 24.3 Å². The molecule has 1 aliphatic carbocycles. The summed E-state index contributed by atoms with van der Waals surface area (Å²) >= 11 is 0. The summed E-state index contributed by atoms with van der Waals surface area (Å²) in [6.45, 7) is 2.98. The first-order valence-corrected chi connectivity index (χ1v) is 5.63. The first kappa shape index (κ1) is 11.0. The molecule has 3 nitrogen and oxygen atoms in total. The van der Waals surface area contributed by atoms with Gasteiger partial charge in [-0.05, 0) is 48.9 Å². The lowest BCUT2D eigenvalue weighted by Gasteiger charge is -2.33. The van der Waals surface area contributed by atoms with Crippen LogP contribution in [-0.4, -0.2) is 17.7 Å². The van der Waals surface area contributed by atoms with E-state index in [0.717, 1.165) is 18.3 Å². The summed E-state index contributed by atoms with van der Waals surface area (Å²) in [5.41, 5.74) is 0.296. The highest BCUT2D eigenvalue weighted by atomic mass is 16.5. The number of benzene rings is 1. The smallest absolute Gasteiger partial charge is 0.335 e. The molecule has 0 saturated heterocycles. The second kappa shape index (κ2) is 4.56. The van der Waals surface area contributed by atoms with E-state index in [9.17, 15) is 4.79 Å². The first-order chi connectivity index (χ1) is 7.66. The summed E-state index contributed by atoms with van der Waals surface area (Å²) in [6, 6.07) is 6.57. The number of aromatic carboxylic acids is 1. The van der Waals surface area contributed by atoms with Crippen molar-refractivity contribution in [3.63, 3.8) is 0 Å². The number of carboxylic acid groups (broad SMARTS) is 1. The minimum atomic E-state index is -0.904. The molecule has 0 aromatic heterocycles. The summed E-state index contributed by atoms with van der Waals surface area (Å²) in [6.07, 6.45) is 2.54. The van der Waals surface area contributed by atoms with Crippen molar-refractivity contribution < 1.29 is 14.6 Å². The van der Waals surface area contributed by atoms with Crippen molar-refractivity contribution in [2.75, 3.05) is 6.61 Å². The molecule has 2 atom stereocenters. The molecule has 0 aliphatic heterocycles. The Morgan fingerprint density at radius 1 is 1.38 bits per heavy atom. The lowest BCUT2D eigenvalue weighted by molar-refractivity contribution is 0.0697. The van der Waals surface area contributed by atoms with Gasteiger partial charge in [0.05, 0.1) is 12.2 Å². The Morgan fingerprint density at radius 3 is 2.50 bits per heavy atom. The van der Waals surface area contributed by atoms with Gasteiger partial charge in [0.1, 0.15) is 5.75 Å². The predicted octanol–water partition coefficient (Wildman–Crippen LogP) is 2.81. The Hall–Kier alpha value is -1.51. The molecule has 1 aromatic carbocycles. The molecule has 0 unspecified atom stereocenters. The van der Waals surface area contributed by atoms with E-state index in [1.165, 1.54) is 12.8 Å². The van der Waals surface area contributed by atoms with Crippen molar-refractivity contribution in [2.24, 2.45) is 11.8 Å². The van der Waals surface area contributed by atoms with Crippen molar-refractivity contribution in [2.45, 2.75) is 19.8 Å². The number of hydrogen-bond acceptors (Lipinski definition) is 2. The molecule has 0 spiro atoms. The molecule has 3 heteroatoms. The van der Waals surface area contributed by atoms with Crippen molar-refractivity contribution in [3.05, 3.63) is 29.8 Å². The second-order valence-electron chi connectivity index (χ2n) is 4.46. The molecule has 0 bridgehead atoms. The van der Waals surface area contributed by atoms with E-state index >= 15 is 0 Å². The largest absolute Gasteiger partial charge is 0.493 e. The predicted molar refractivity (Wildman–Crippen MR) is 60.8 cm³/mol. The van der Waals surface area contributed by atoms with Gasteiger partial charge in [-0.2, -0.15) is 0 Å². The van der Waals surface area contributed by atoms with E-state index in [4.69, 9.17) is 9.84 Å². The van der Waals surface area contributed by atoms with Crippen molar-refractivity contribution >= 4 is 5.97 Å². The molecule has 1 saturated carbocycles. The van der Waals surface area contributed by atoms with Gasteiger partial charge < -0.3 is 9.84 Å². The molecule has 0 heterocycles. The van der Waals surface area contributed by atoms with Crippen LogP contribution in [0.25, 0.3) is 0 Å². The van der Waals surface area contributed by atoms with Gasteiger partial charge >= 0.3 is 5.97 Å². The summed E-state index contributed by atoms with van der Waals surface area (Å²) in [5, 5.41) is 8.73. The third-order valence-electron chi connectivity index (χ3n) is 3.36. The van der Waals surface area contributed by atoms with Crippen LogP contribution >= 0.6 is 0 Å². The van der Waals surface area contributed by atoms with Crippen LogP contribution in [0.2, 0.25) is 0 Å². The maximum atomic E-state index is 10.6. The number of carbonyl (C=O) groups is 1. The highest BCUT2D eigenvalue weighted by Gasteiger charge is 2.26. The zero-order valence-electron chi connectivity index (χ0n) is 9.35. The van der Waals surface area contributed by atoms with Crippen LogP contribution in [0.1, 0.15) is 30.1 Å². The third-order valence-corrected chi connectivity index (χ3v) is 3.36. The van der Waals surface area contributed by atoms with E-state index in [-0.39, 0.29) is 0 Å². The van der Waals surface area contributed by atoms with Crippen LogP contribution in [0.3, 0.4) is 0 Å². The maximum Gasteiger partial charge on any atom is 0.335 e. The molecule has 1 aliphatic rings. The molecule has 86 valence electrons. The summed E-state index contributed by atoms with van der Waals surface area (Å²) in [4.78, 5) is 10.6. The van der Waals surface area contributed by atoms with Crippen LogP contribution in [-0.2, 0) is 0 Å². The van der Waals surface area contributed by atoms with Gasteiger partial charge in [-0.3, -0.25) is 0 Å². The topological polar surface area (TPSA) is 46.5 Å². The molecule has 0 radical (unpaired) electrons. The average Bonchev–Trinajstić information content (AvgIpc) is 2.28. The molecular weight excluding hydrogens is 204 g/mol. The molecular formula is C13H16O3. The number of carboxylic acids is 1. The van der Waals surface area contributed by atoms with Gasteiger partial charge in [0.2, 0.25) is 0 Å². The molecule has 1 N–H and O–H groups in total. The molecule has 16 heavy (non-hydrogen) atoms. The molecule has 1 fully saturated rings. The fourth-order valence-electron chi connectivity index (χ4n) is 1.88. The van der Waals surface area contributed by atoms with Gasteiger partial charge in [-0.25, -0.2) is 4.79 Å². The molecule has 2 rings (SSSR count). The standard InChI is InChI=1S/C13H16O3/c1-9-2-3-11(9)8-16-12-6-4-10(5-7-12)13(14)15/h4-7,9,11H,2-3,8H2,1H3,(H,14,15)/t9-,11-/m0/s1. The Bertz CT molecular complexity index is 369. The normalized spacial score (nSPS) is 23.6. The van der Waals surface area contributed by atoms with Crippen LogP contribution in [0.4, 0.5) is 0 Å². The van der Waals surface area contributed by atoms with E-state index in [1.807, 2.05) is 0 Å². The SMILES string of the molecule is C[C@H]1CC[C@H]1COc1ccc(C(=O)O)cc1. The Balaban J connectivity index is 1.87. The highest BCUT2D eigenvalue weighted by Crippen LogP contribution is 2.33. The number of ether oxygens (including phenoxy) is 1. The van der Waals surface area contributed by atoms with Crippen LogP contribution in [0.5, 0.6) is 5.75 Å². The van der Waals surface area contributed by atoms with Crippen LogP contribution in [0, 0.1) is 11.8 Å². The zero-order chi connectivity index (χ0) is 11.5. The lowest BCUT2D eigenvalue weighted by atomic mass is 9.75. The lowest BCUT2D eigenvalue weighted by Crippen LogP contribution is -2.28. The summed E-state index contributed by atoms with van der Waals surface area (Å²) in [5.74, 6) is 1.28. The maximum absolute atomic E-state index is 10.6. The van der Waals surface area contributed by atoms with Crippen molar-refractivity contribution in [3.8, 4) is 5.75 Å². The van der Waals surface area contributed by atoms with Crippen molar-refractivity contribution in [1.29, 1.82) is 0 Å². The Labute approximate surface area is 95.0 Å². The summed E-state index contributed by atoms with van der Waals surface area (Å²) < 4.78 is 5.62. The van der Waals surface area contributed by atoms with Gasteiger partial charge in [0.25, 0.3) is 0 Å². The average molecular weight is 220 g/mol. The Kier molecular flexibility index (Phi) is 3.13. The first-order valence-electron chi connectivity index (χ1n) is 5.63. The van der Waals surface area contributed by atoms with E-state index in [1.54, 1.807) is 24.3 Å². The van der Waals surface area contributed by atoms with Crippen molar-refractivity contribution in [1.82, 2.24) is 0 Å². The molecule has 0 amide bonds. The fraction of sp³-hybridized carbons (Fsp3) is 0.462. The molecule has 1 aromatic rings. The minimum Gasteiger partial charge on any atom is -0.493 e. The van der Waals surface area contributed by atoms with E-state index in [0.29, 0.717) is 11.5 Å². The second-order valence-corrected chi connectivity index (χ2v) is 4.46. The monoisotopic (exact) mass is 220 g/mol.